The van der Waals surface area contributed by atoms with Crippen LogP contribution in [0.3, 0.4) is 0 Å². The fraction of sp³-hybridized carbons (Fsp3) is 0.476. The molecule has 8 nitrogen and oxygen atoms in total. The van der Waals surface area contributed by atoms with E-state index < -0.39 is 34.5 Å². The highest BCUT2D eigenvalue weighted by atomic mass is 32.2. The van der Waals surface area contributed by atoms with Crippen molar-refractivity contribution in [3.63, 3.8) is 0 Å². The third-order valence-corrected chi connectivity index (χ3v) is 6.03. The number of carbonyl (C=O) groups is 3. The zero-order valence-electron chi connectivity index (χ0n) is 17.7. The van der Waals surface area contributed by atoms with Gasteiger partial charge in [0, 0.05) is 12.9 Å². The Hall–Kier alpha value is -2.52. The van der Waals surface area contributed by atoms with Crippen molar-refractivity contribution in [3.8, 4) is 5.75 Å². The van der Waals surface area contributed by atoms with Gasteiger partial charge in [-0.05, 0) is 45.4 Å². The number of benzene rings is 1. The van der Waals surface area contributed by atoms with Crippen LogP contribution in [0.4, 0.5) is 0 Å². The van der Waals surface area contributed by atoms with Crippen molar-refractivity contribution in [1.29, 1.82) is 0 Å². The van der Waals surface area contributed by atoms with Crippen LogP contribution in [0.15, 0.2) is 41.6 Å². The predicted molar refractivity (Wildman–Crippen MR) is 111 cm³/mol. The van der Waals surface area contributed by atoms with Crippen LogP contribution in [0.1, 0.15) is 27.7 Å². The second-order valence-corrected chi connectivity index (χ2v) is 9.13. The molecule has 2 heterocycles. The lowest BCUT2D eigenvalue weighted by Crippen LogP contribution is -2.81. The zero-order chi connectivity index (χ0) is 22.1. The normalized spacial score (nSPS) is 23.4. The maximum absolute atomic E-state index is 13.1. The molecule has 1 fully saturated rings. The third-order valence-electron chi connectivity index (χ3n) is 4.57. The smallest absolute Gasteiger partial charge is 0.355 e. The van der Waals surface area contributed by atoms with Crippen molar-refractivity contribution in [1.82, 2.24) is 10.2 Å². The lowest BCUT2D eigenvalue weighted by atomic mass is 9.98. The van der Waals surface area contributed by atoms with Gasteiger partial charge in [0.2, 0.25) is 0 Å². The Labute approximate surface area is 179 Å². The largest absolute Gasteiger partial charge is 0.484 e. The number of hydrogen-bond acceptors (Lipinski definition) is 7. The summed E-state index contributed by atoms with van der Waals surface area (Å²) in [5.41, 5.74) is -1.31. The second-order valence-electron chi connectivity index (χ2n) is 8.06. The molecule has 2 amide bonds. The molecule has 2 aliphatic rings. The predicted octanol–water partition coefficient (Wildman–Crippen LogP) is 2.06. The standard InChI is InChI=1S/C21H26N2O6S/c1-13-12-30-19-21(27-5,22-15(24)11-28-14-9-7-6-8-10-14)18(26)23(19)16(13)17(25)29-20(2,3)4/h6-10,19H,11-12H2,1-5H3,(H,22,24)/t19-,21-/m0/s1. The van der Waals surface area contributed by atoms with E-state index in [0.717, 1.165) is 5.57 Å². The Morgan fingerprint density at radius 3 is 2.53 bits per heavy atom. The van der Waals surface area contributed by atoms with Crippen molar-refractivity contribution in [3.05, 3.63) is 41.6 Å². The Morgan fingerprint density at radius 1 is 1.27 bits per heavy atom. The van der Waals surface area contributed by atoms with Gasteiger partial charge in [0.1, 0.15) is 22.4 Å². The topological polar surface area (TPSA) is 94.2 Å². The maximum Gasteiger partial charge on any atom is 0.355 e. The van der Waals surface area contributed by atoms with Crippen LogP contribution in [0, 0.1) is 0 Å². The van der Waals surface area contributed by atoms with Gasteiger partial charge < -0.3 is 19.5 Å². The van der Waals surface area contributed by atoms with E-state index in [1.165, 1.54) is 23.8 Å². The third kappa shape index (κ3) is 4.17. The molecule has 30 heavy (non-hydrogen) atoms. The number of para-hydroxylation sites is 1. The van der Waals surface area contributed by atoms with E-state index >= 15 is 0 Å². The molecule has 2 aliphatic heterocycles. The van der Waals surface area contributed by atoms with Gasteiger partial charge in [-0.2, -0.15) is 0 Å². The molecule has 1 N–H and O–H groups in total. The number of nitrogens with one attached hydrogen (secondary N) is 1. The van der Waals surface area contributed by atoms with Gasteiger partial charge in [0.15, 0.2) is 6.61 Å². The summed E-state index contributed by atoms with van der Waals surface area (Å²) < 4.78 is 16.4. The molecule has 0 radical (unpaired) electrons. The minimum atomic E-state index is -1.56. The van der Waals surface area contributed by atoms with Crippen molar-refractivity contribution in [2.45, 2.75) is 44.4 Å². The molecule has 3 rings (SSSR count). The number of carbonyl (C=O) groups excluding carboxylic acids is 3. The molecular weight excluding hydrogens is 408 g/mol. The number of hydrogen-bond donors (Lipinski definition) is 1. The molecule has 1 aromatic rings. The number of thioether (sulfide) groups is 1. The summed E-state index contributed by atoms with van der Waals surface area (Å²) in [4.78, 5) is 39.6. The first kappa shape index (κ1) is 22.2. The number of rotatable bonds is 6. The molecule has 0 unspecified atom stereocenters. The second kappa shape index (κ2) is 8.31. The average Bonchev–Trinajstić information content (AvgIpc) is 2.69. The quantitative estimate of drug-likeness (QED) is 0.416. The van der Waals surface area contributed by atoms with E-state index in [1.807, 2.05) is 6.07 Å². The van der Waals surface area contributed by atoms with Crippen molar-refractivity contribution in [2.24, 2.45) is 0 Å². The van der Waals surface area contributed by atoms with Gasteiger partial charge in [-0.15, -0.1) is 11.8 Å². The van der Waals surface area contributed by atoms with Gasteiger partial charge >= 0.3 is 5.97 Å². The monoisotopic (exact) mass is 434 g/mol. The number of ether oxygens (including phenoxy) is 3. The Balaban J connectivity index is 1.73. The Kier molecular flexibility index (Phi) is 6.14. The number of β-lactam (4-membered cyclic amide) rings is 1. The minimum absolute atomic E-state index is 0.209. The van der Waals surface area contributed by atoms with Gasteiger partial charge in [-0.25, -0.2) is 4.79 Å². The van der Waals surface area contributed by atoms with Gasteiger partial charge in [-0.3, -0.25) is 14.5 Å². The first-order valence-electron chi connectivity index (χ1n) is 9.51. The Morgan fingerprint density at radius 2 is 1.93 bits per heavy atom. The SMILES string of the molecule is CO[C@@]1(NC(=O)COc2ccccc2)C(=O)N2C(C(=O)OC(C)(C)C)=C(C)CS[C@H]21. The molecule has 0 bridgehead atoms. The number of methoxy groups -OCH3 is 1. The highest BCUT2D eigenvalue weighted by molar-refractivity contribution is 8.00. The lowest BCUT2D eigenvalue weighted by molar-refractivity contribution is -0.194. The molecule has 9 heteroatoms. The van der Waals surface area contributed by atoms with Gasteiger partial charge in [0.25, 0.3) is 17.5 Å². The van der Waals surface area contributed by atoms with Gasteiger partial charge in [0.05, 0.1) is 0 Å². The molecule has 2 atom stereocenters. The number of nitrogens with zero attached hydrogens (tertiary/aromatic N) is 1. The molecule has 162 valence electrons. The molecule has 1 saturated heterocycles. The summed E-state index contributed by atoms with van der Waals surface area (Å²) in [6.45, 7) is 6.81. The van der Waals surface area contributed by atoms with E-state index in [2.05, 4.69) is 5.32 Å². The van der Waals surface area contributed by atoms with Crippen LogP contribution in [-0.4, -0.2) is 58.9 Å². The highest BCUT2D eigenvalue weighted by Gasteiger charge is 2.66. The first-order valence-corrected chi connectivity index (χ1v) is 10.6. The van der Waals surface area contributed by atoms with Crippen molar-refractivity contribution < 1.29 is 28.6 Å². The highest BCUT2D eigenvalue weighted by Crippen LogP contribution is 2.46. The summed E-state index contributed by atoms with van der Waals surface area (Å²) >= 11 is 1.41. The Bertz CT molecular complexity index is 879. The summed E-state index contributed by atoms with van der Waals surface area (Å²) in [6.07, 6.45) is 0. The van der Waals surface area contributed by atoms with Crippen LogP contribution < -0.4 is 10.1 Å². The summed E-state index contributed by atoms with van der Waals surface area (Å²) in [5, 5.41) is 2.07. The molecular formula is C21H26N2O6S. The van der Waals surface area contributed by atoms with Crippen molar-refractivity contribution >= 4 is 29.5 Å². The first-order chi connectivity index (χ1) is 14.1. The van der Waals surface area contributed by atoms with E-state index in [-0.39, 0.29) is 12.3 Å². The zero-order valence-corrected chi connectivity index (χ0v) is 18.5. The van der Waals surface area contributed by atoms with E-state index in [9.17, 15) is 14.4 Å². The number of amides is 2. The summed E-state index contributed by atoms with van der Waals surface area (Å²) in [5.74, 6) is -0.541. The van der Waals surface area contributed by atoms with Crippen LogP contribution in [0.2, 0.25) is 0 Å². The maximum atomic E-state index is 13.1. The van der Waals surface area contributed by atoms with E-state index in [4.69, 9.17) is 14.2 Å². The molecule has 0 spiro atoms. The number of fused-ring (bicyclic) bond motifs is 1. The van der Waals surface area contributed by atoms with Crippen LogP contribution in [-0.2, 0) is 23.9 Å². The van der Waals surface area contributed by atoms with E-state index in [0.29, 0.717) is 11.5 Å². The minimum Gasteiger partial charge on any atom is -0.484 e. The molecule has 0 saturated carbocycles. The van der Waals surface area contributed by atoms with Gasteiger partial charge in [-0.1, -0.05) is 18.2 Å². The fourth-order valence-corrected chi connectivity index (χ4v) is 4.64. The van der Waals surface area contributed by atoms with Crippen molar-refractivity contribution in [2.75, 3.05) is 19.5 Å². The molecule has 0 aromatic heterocycles. The number of esters is 1. The van der Waals surface area contributed by atoms with E-state index in [1.54, 1.807) is 52.0 Å². The average molecular weight is 435 g/mol. The van der Waals surface area contributed by atoms with Crippen LogP contribution in [0.5, 0.6) is 5.75 Å². The lowest BCUT2D eigenvalue weighted by Gasteiger charge is -2.55. The van der Waals surface area contributed by atoms with Crippen LogP contribution >= 0.6 is 11.8 Å². The summed E-state index contributed by atoms with van der Waals surface area (Å²) in [6, 6.07) is 8.89. The fourth-order valence-electron chi connectivity index (χ4n) is 3.26. The molecule has 0 aliphatic carbocycles. The molecule has 1 aromatic carbocycles. The summed E-state index contributed by atoms with van der Waals surface area (Å²) in [7, 11) is 1.35. The van der Waals surface area contributed by atoms with Crippen LogP contribution in [0.25, 0.3) is 0 Å².